The lowest BCUT2D eigenvalue weighted by Gasteiger charge is -2.10. The Kier molecular flexibility index (Phi) is 4.97. The van der Waals surface area contributed by atoms with Gasteiger partial charge in [-0.05, 0) is 31.5 Å². The lowest BCUT2D eigenvalue weighted by atomic mass is 10.2. The molecule has 1 aromatic heterocycles. The molecule has 0 spiro atoms. The van der Waals surface area contributed by atoms with Gasteiger partial charge in [-0.3, -0.25) is 0 Å². The summed E-state index contributed by atoms with van der Waals surface area (Å²) in [5.41, 5.74) is 1.08. The van der Waals surface area contributed by atoms with Crippen LogP contribution in [0.5, 0.6) is 11.5 Å². The Bertz CT molecular complexity index is 699. The Labute approximate surface area is 139 Å². The Morgan fingerprint density at radius 3 is 2.96 bits per heavy atom. The summed E-state index contributed by atoms with van der Waals surface area (Å²) in [6.07, 6.45) is 1.89. The summed E-state index contributed by atoms with van der Waals surface area (Å²) in [7, 11) is 0. The summed E-state index contributed by atoms with van der Waals surface area (Å²) in [5, 5.41) is 7.60. The maximum atomic E-state index is 5.39. The van der Waals surface area contributed by atoms with Crippen molar-refractivity contribution in [1.29, 1.82) is 0 Å². The minimum Gasteiger partial charge on any atom is -0.454 e. The van der Waals surface area contributed by atoms with Crippen LogP contribution < -0.4 is 20.1 Å². The van der Waals surface area contributed by atoms with Gasteiger partial charge in [0.15, 0.2) is 17.5 Å². The highest BCUT2D eigenvalue weighted by atomic mass is 32.1. The summed E-state index contributed by atoms with van der Waals surface area (Å²) < 4.78 is 10.7. The second-order valence-corrected chi connectivity index (χ2v) is 6.42. The van der Waals surface area contributed by atoms with E-state index < -0.39 is 0 Å². The minimum atomic E-state index is 0.291. The second-order valence-electron chi connectivity index (χ2n) is 5.10. The third-order valence-electron chi connectivity index (χ3n) is 3.28. The molecular formula is C16H20N4O2S. The van der Waals surface area contributed by atoms with E-state index in [0.717, 1.165) is 34.6 Å². The third-order valence-corrected chi connectivity index (χ3v) is 4.19. The number of hydrogen-bond acceptors (Lipinski definition) is 5. The van der Waals surface area contributed by atoms with Crippen molar-refractivity contribution in [3.05, 3.63) is 39.8 Å². The third kappa shape index (κ3) is 4.13. The fraction of sp³-hybridized carbons (Fsp3) is 0.375. The molecular weight excluding hydrogens is 312 g/mol. The zero-order valence-electron chi connectivity index (χ0n) is 13.3. The highest BCUT2D eigenvalue weighted by Crippen LogP contribution is 2.32. The number of ether oxygens (including phenoxy) is 2. The number of rotatable bonds is 5. The molecule has 0 fully saturated rings. The first-order chi connectivity index (χ1) is 11.2. The van der Waals surface area contributed by atoms with Crippen LogP contribution in [0, 0.1) is 6.92 Å². The van der Waals surface area contributed by atoms with Crippen molar-refractivity contribution in [2.24, 2.45) is 4.99 Å². The highest BCUT2D eigenvalue weighted by Gasteiger charge is 2.13. The quantitative estimate of drug-likeness (QED) is 0.650. The lowest BCUT2D eigenvalue weighted by molar-refractivity contribution is 0.174. The van der Waals surface area contributed by atoms with Crippen molar-refractivity contribution in [3.8, 4) is 11.5 Å². The van der Waals surface area contributed by atoms with Crippen LogP contribution in [0.1, 0.15) is 22.4 Å². The van der Waals surface area contributed by atoms with Crippen LogP contribution in [0.3, 0.4) is 0 Å². The summed E-state index contributed by atoms with van der Waals surface area (Å²) in [5.74, 6) is 2.36. The van der Waals surface area contributed by atoms with Crippen molar-refractivity contribution in [2.75, 3.05) is 13.3 Å². The minimum absolute atomic E-state index is 0.291. The van der Waals surface area contributed by atoms with E-state index >= 15 is 0 Å². The molecule has 0 saturated heterocycles. The normalized spacial score (nSPS) is 13.2. The summed E-state index contributed by atoms with van der Waals surface area (Å²) >= 11 is 1.69. The van der Waals surface area contributed by atoms with E-state index in [4.69, 9.17) is 9.47 Å². The van der Waals surface area contributed by atoms with Crippen molar-refractivity contribution < 1.29 is 9.47 Å². The molecule has 122 valence electrons. The van der Waals surface area contributed by atoms with E-state index in [1.54, 1.807) is 11.3 Å². The van der Waals surface area contributed by atoms with Crippen LogP contribution >= 0.6 is 11.3 Å². The molecule has 0 amide bonds. The van der Waals surface area contributed by atoms with Crippen molar-refractivity contribution in [1.82, 2.24) is 15.6 Å². The van der Waals surface area contributed by atoms with E-state index in [2.05, 4.69) is 27.5 Å². The second kappa shape index (κ2) is 7.32. The van der Waals surface area contributed by atoms with Crippen LogP contribution in [-0.2, 0) is 13.1 Å². The average Bonchev–Trinajstić information content (AvgIpc) is 3.18. The van der Waals surface area contributed by atoms with Gasteiger partial charge in [0, 0.05) is 17.6 Å². The molecule has 0 aliphatic carbocycles. The van der Waals surface area contributed by atoms with E-state index in [9.17, 15) is 0 Å². The van der Waals surface area contributed by atoms with Crippen LogP contribution in [-0.4, -0.2) is 24.3 Å². The Hall–Kier alpha value is -2.28. The van der Waals surface area contributed by atoms with Gasteiger partial charge in [-0.1, -0.05) is 6.07 Å². The van der Waals surface area contributed by atoms with Crippen molar-refractivity contribution in [2.45, 2.75) is 26.9 Å². The van der Waals surface area contributed by atoms with Gasteiger partial charge in [-0.15, -0.1) is 11.3 Å². The van der Waals surface area contributed by atoms with Gasteiger partial charge in [0.2, 0.25) is 6.79 Å². The van der Waals surface area contributed by atoms with Gasteiger partial charge in [0.05, 0.1) is 13.1 Å². The highest BCUT2D eigenvalue weighted by molar-refractivity contribution is 7.11. The van der Waals surface area contributed by atoms with Crippen molar-refractivity contribution in [3.63, 3.8) is 0 Å². The number of guanidine groups is 1. The molecule has 2 aromatic rings. The average molecular weight is 332 g/mol. The monoisotopic (exact) mass is 332 g/mol. The van der Waals surface area contributed by atoms with Gasteiger partial charge in [0.1, 0.15) is 5.01 Å². The number of aliphatic imine (C=N–C) groups is 1. The summed E-state index contributed by atoms with van der Waals surface area (Å²) in [6.45, 7) is 6.45. The molecule has 0 atom stereocenters. The van der Waals surface area contributed by atoms with Gasteiger partial charge in [0.25, 0.3) is 0 Å². The van der Waals surface area contributed by atoms with Gasteiger partial charge < -0.3 is 20.1 Å². The summed E-state index contributed by atoms with van der Waals surface area (Å²) in [6, 6.07) is 5.90. The molecule has 1 aliphatic rings. The molecule has 1 aliphatic heterocycles. The van der Waals surface area contributed by atoms with Crippen molar-refractivity contribution >= 4 is 17.3 Å². The SMILES string of the molecule is CCNC(=NCc1ccc2c(c1)OCO2)NCc1ncc(C)s1. The standard InChI is InChI=1S/C16H20N4O2S/c1-3-17-16(20-9-15-18-7-11(2)23-15)19-8-12-4-5-13-14(6-12)22-10-21-13/h4-7H,3,8-10H2,1-2H3,(H2,17,19,20). The number of hydrogen-bond donors (Lipinski definition) is 2. The van der Waals surface area contributed by atoms with Gasteiger partial charge in [-0.25, -0.2) is 9.98 Å². The number of nitrogens with one attached hydrogen (secondary N) is 2. The van der Waals surface area contributed by atoms with Crippen LogP contribution in [0.25, 0.3) is 0 Å². The molecule has 1 aromatic carbocycles. The molecule has 6 nitrogen and oxygen atoms in total. The number of aryl methyl sites for hydroxylation is 1. The van der Waals surface area contributed by atoms with E-state index in [-0.39, 0.29) is 0 Å². The molecule has 0 radical (unpaired) electrons. The fourth-order valence-electron chi connectivity index (χ4n) is 2.19. The maximum Gasteiger partial charge on any atom is 0.231 e. The molecule has 0 saturated carbocycles. The van der Waals surface area contributed by atoms with E-state index in [1.807, 2.05) is 31.3 Å². The summed E-state index contributed by atoms with van der Waals surface area (Å²) in [4.78, 5) is 10.2. The number of thiazole rings is 1. The lowest BCUT2D eigenvalue weighted by Crippen LogP contribution is -2.36. The Balaban J connectivity index is 1.61. The number of nitrogens with zero attached hydrogens (tertiary/aromatic N) is 2. The molecule has 0 bridgehead atoms. The Morgan fingerprint density at radius 2 is 2.17 bits per heavy atom. The number of aromatic nitrogens is 1. The molecule has 23 heavy (non-hydrogen) atoms. The Morgan fingerprint density at radius 1 is 1.30 bits per heavy atom. The number of benzene rings is 1. The molecule has 3 rings (SSSR count). The zero-order chi connectivity index (χ0) is 16.1. The predicted octanol–water partition coefficient (Wildman–Crippen LogP) is 2.44. The number of fused-ring (bicyclic) bond motifs is 1. The van der Waals surface area contributed by atoms with Crippen LogP contribution in [0.15, 0.2) is 29.4 Å². The first kappa shape index (κ1) is 15.6. The van der Waals surface area contributed by atoms with Crippen LogP contribution in [0.4, 0.5) is 0 Å². The van der Waals surface area contributed by atoms with E-state index in [1.165, 1.54) is 4.88 Å². The largest absolute Gasteiger partial charge is 0.454 e. The molecule has 7 heteroatoms. The smallest absolute Gasteiger partial charge is 0.231 e. The molecule has 0 unspecified atom stereocenters. The molecule has 2 N–H and O–H groups in total. The first-order valence-electron chi connectivity index (χ1n) is 7.56. The zero-order valence-corrected chi connectivity index (χ0v) is 14.1. The van der Waals surface area contributed by atoms with Crippen LogP contribution in [0.2, 0.25) is 0 Å². The first-order valence-corrected chi connectivity index (χ1v) is 8.38. The topological polar surface area (TPSA) is 67.8 Å². The van der Waals surface area contributed by atoms with Gasteiger partial charge >= 0.3 is 0 Å². The molecule has 2 heterocycles. The predicted molar refractivity (Wildman–Crippen MR) is 91.1 cm³/mol. The van der Waals surface area contributed by atoms with E-state index in [0.29, 0.717) is 19.9 Å². The van der Waals surface area contributed by atoms with Gasteiger partial charge in [-0.2, -0.15) is 0 Å². The fourth-order valence-corrected chi connectivity index (χ4v) is 2.92. The maximum absolute atomic E-state index is 5.39.